The second kappa shape index (κ2) is 29.2. The molecular weight excluding hydrogens is 909 g/mol. The number of allylic oxidation sites excluding steroid dienone is 6. The lowest BCUT2D eigenvalue weighted by Crippen LogP contribution is -2.53. The molecule has 426 valence electrons. The molecule has 0 aromatic carbocycles. The predicted molar refractivity (Wildman–Crippen MR) is 327 cm³/mol. The number of hydrogen-bond acceptors (Lipinski definition) is 3. The molecule has 0 aromatic rings. The quantitative estimate of drug-likeness (QED) is 0.148. The monoisotopic (exact) mass is 1030 g/mol. The first-order chi connectivity index (χ1) is 33.9. The highest BCUT2D eigenvalue weighted by Crippen LogP contribution is 2.69. The minimum absolute atomic E-state index is 0. The summed E-state index contributed by atoms with van der Waals surface area (Å²) in [6.07, 6.45) is 39.4. The maximum atomic E-state index is 10.8. The fourth-order valence-electron chi connectivity index (χ4n) is 18.3. The van der Waals surface area contributed by atoms with Crippen LogP contribution < -0.4 is 0 Å². The van der Waals surface area contributed by atoms with Crippen molar-refractivity contribution in [1.82, 2.24) is 0 Å². The van der Waals surface area contributed by atoms with Gasteiger partial charge in [-0.25, -0.2) is 0 Å². The zero-order valence-corrected chi connectivity index (χ0v) is 52.8. The average molecular weight is 1040 g/mol. The minimum atomic E-state index is -0.121. The second-order valence-corrected chi connectivity index (χ2v) is 28.2. The number of ether oxygens (including phenoxy) is 1. The van der Waals surface area contributed by atoms with Crippen molar-refractivity contribution in [1.29, 1.82) is 0 Å². The Morgan fingerprint density at radius 1 is 0.767 bits per heavy atom. The van der Waals surface area contributed by atoms with E-state index in [-0.39, 0.29) is 32.2 Å². The Bertz CT molecular complexity index is 1790. The van der Waals surface area contributed by atoms with Crippen LogP contribution in [0.4, 0.5) is 0 Å². The molecule has 3 nitrogen and oxygen atoms in total. The molecular formula is C69H126O3S. The average Bonchev–Trinajstić information content (AvgIpc) is 3.88. The van der Waals surface area contributed by atoms with Gasteiger partial charge in [-0.05, 0) is 228 Å². The summed E-state index contributed by atoms with van der Waals surface area (Å²) in [5.74, 6) is 9.00. The fraction of sp³-hybridized carbons (Fsp3) is 0.870. The molecule has 8 aliphatic rings. The molecule has 5 fully saturated rings. The van der Waals surface area contributed by atoms with Crippen molar-refractivity contribution in [2.75, 3.05) is 7.11 Å². The van der Waals surface area contributed by atoms with E-state index in [2.05, 4.69) is 130 Å². The van der Waals surface area contributed by atoms with Crippen LogP contribution in [0.1, 0.15) is 280 Å². The smallest absolute Gasteiger partial charge is 0.155 e. The normalized spacial score (nSPS) is 37.2. The van der Waals surface area contributed by atoms with Gasteiger partial charge < -0.3 is 9.84 Å². The molecule has 73 heavy (non-hydrogen) atoms. The Morgan fingerprint density at radius 2 is 1.38 bits per heavy atom. The van der Waals surface area contributed by atoms with Crippen molar-refractivity contribution >= 4 is 19.3 Å². The van der Waals surface area contributed by atoms with Crippen LogP contribution in [-0.2, 0) is 9.53 Å². The molecule has 8 rings (SSSR count). The van der Waals surface area contributed by atoms with Gasteiger partial charge in [0.1, 0.15) is 0 Å². The van der Waals surface area contributed by atoms with Crippen molar-refractivity contribution in [2.45, 2.75) is 290 Å². The number of methoxy groups -OCH3 is 1. The topological polar surface area (TPSA) is 46.5 Å². The summed E-state index contributed by atoms with van der Waals surface area (Å²) in [7, 11) is 1.91. The van der Waals surface area contributed by atoms with E-state index in [9.17, 15) is 9.90 Å². The first-order valence-corrected chi connectivity index (χ1v) is 31.4. The molecule has 8 unspecified atom stereocenters. The SMILES string of the molecule is C=CC(=O)CCC.CC(C)=CCC[C@@H](C)C1CCC2C3=C(CC[C@@]21C)[C@@]1(C)CC[C@H](O)C(C)(C)C1CC3.CCC.CCC.CO[C@H]1CCC2(C)C(=CCC3C2CC[C@@]2(C)C3CCC2[C@H](C)CCCC(C)C)C1.S.[HH]. The van der Waals surface area contributed by atoms with Crippen LogP contribution in [0.15, 0.2) is 47.1 Å². The van der Waals surface area contributed by atoms with E-state index in [0.29, 0.717) is 40.1 Å². The number of ketones is 1. The Balaban J connectivity index is 0.000000402. The summed E-state index contributed by atoms with van der Waals surface area (Å²) in [5.41, 5.74) is 9.00. The predicted octanol–water partition coefficient (Wildman–Crippen LogP) is 20.9. The third-order valence-electron chi connectivity index (χ3n) is 22.2. The van der Waals surface area contributed by atoms with Crippen LogP contribution in [0.3, 0.4) is 0 Å². The van der Waals surface area contributed by atoms with E-state index in [1.807, 2.05) is 25.2 Å². The van der Waals surface area contributed by atoms with Crippen LogP contribution in [-0.4, -0.2) is 30.2 Å². The fourth-order valence-corrected chi connectivity index (χ4v) is 18.3. The Hall–Kier alpha value is -1.10. The summed E-state index contributed by atoms with van der Waals surface area (Å²) in [6, 6.07) is 0. The molecule has 0 heterocycles. The minimum Gasteiger partial charge on any atom is -0.393 e. The summed E-state index contributed by atoms with van der Waals surface area (Å²) >= 11 is 0. The van der Waals surface area contributed by atoms with Crippen molar-refractivity contribution < 1.29 is 16.1 Å². The molecule has 1 N–H and O–H groups in total. The first kappa shape index (κ1) is 66.2. The van der Waals surface area contributed by atoms with Crippen LogP contribution in [0.2, 0.25) is 0 Å². The van der Waals surface area contributed by atoms with Gasteiger partial charge in [-0.2, -0.15) is 13.5 Å². The van der Waals surface area contributed by atoms with Crippen LogP contribution in [0, 0.1) is 86.3 Å². The highest BCUT2D eigenvalue weighted by molar-refractivity contribution is 7.59. The van der Waals surface area contributed by atoms with E-state index in [4.69, 9.17) is 4.74 Å². The molecule has 0 radical (unpaired) electrons. The lowest BCUT2D eigenvalue weighted by molar-refractivity contribution is -0.114. The van der Waals surface area contributed by atoms with E-state index < -0.39 is 0 Å². The lowest BCUT2D eigenvalue weighted by atomic mass is 9.46. The van der Waals surface area contributed by atoms with Crippen LogP contribution >= 0.6 is 13.5 Å². The van der Waals surface area contributed by atoms with Gasteiger partial charge in [-0.3, -0.25) is 4.79 Å². The third kappa shape index (κ3) is 15.0. The molecule has 8 aliphatic carbocycles. The van der Waals surface area contributed by atoms with Gasteiger partial charge in [0.25, 0.3) is 0 Å². The summed E-state index contributed by atoms with van der Waals surface area (Å²) in [4.78, 5) is 10.3. The highest BCUT2D eigenvalue weighted by atomic mass is 32.1. The van der Waals surface area contributed by atoms with Crippen LogP contribution in [0.25, 0.3) is 0 Å². The first-order valence-electron chi connectivity index (χ1n) is 31.4. The molecule has 5 saturated carbocycles. The molecule has 0 bridgehead atoms. The van der Waals surface area contributed by atoms with Gasteiger partial charge in [0.15, 0.2) is 5.78 Å². The summed E-state index contributed by atoms with van der Waals surface area (Å²) in [5, 5.41) is 10.8. The van der Waals surface area contributed by atoms with Gasteiger partial charge >= 0.3 is 0 Å². The summed E-state index contributed by atoms with van der Waals surface area (Å²) in [6.45, 7) is 43.4. The van der Waals surface area contributed by atoms with Crippen LogP contribution in [0.5, 0.6) is 0 Å². The number of carbonyl (C=O) groups excluding carboxylic acids is 1. The van der Waals surface area contributed by atoms with Gasteiger partial charge in [-0.1, -0.05) is 177 Å². The van der Waals surface area contributed by atoms with Gasteiger partial charge in [0, 0.05) is 15.0 Å². The zero-order valence-electron chi connectivity index (χ0n) is 51.8. The Kier molecular flexibility index (Phi) is 26.5. The maximum Gasteiger partial charge on any atom is 0.155 e. The van der Waals surface area contributed by atoms with Gasteiger partial charge in [0.2, 0.25) is 0 Å². The lowest BCUT2D eigenvalue weighted by Gasteiger charge is -2.60. The second-order valence-electron chi connectivity index (χ2n) is 28.2. The maximum absolute atomic E-state index is 10.8. The van der Waals surface area contributed by atoms with Gasteiger partial charge in [0.05, 0.1) is 12.2 Å². The zero-order chi connectivity index (χ0) is 53.8. The Morgan fingerprint density at radius 3 is 1.97 bits per heavy atom. The number of aliphatic hydroxyl groups excluding tert-OH is 1. The van der Waals surface area contributed by atoms with E-state index in [0.717, 1.165) is 66.1 Å². The standard InChI is InChI=1S/C29H48O.C28H48O.C6H10O.2C3H8.H2S.H2/c1-19(2)9-8-10-20(3)22-12-13-23-21-11-14-25-27(4,5)26(30)16-18-29(25,7)24(21)15-17-28(22,23)6;1-19(2)8-7-9-20(3)24-12-13-25-23-11-10-21-18-22(29-6)14-16-27(21,4)26(23)15-17-28(24,25)5;1-3-5-6(7)4-2;2*1-3-2;;/h9,20,22-23,25-26,30H,8,10-18H2,1-7H3;10,19-20,22-26H,7-9,11-18H2,1-6H3;4H,2-3,5H2,1H3;2*3H2,1-2H3;1H2;1H/t20-,22?,23?,25?,26+,28-,29-;20-,22+,23?,24?,25?,26?,27?,28-;;;;;/m11...../s1. The number of rotatable bonds is 13. The third-order valence-corrected chi connectivity index (χ3v) is 22.2. The molecule has 15 atom stereocenters. The molecule has 0 aromatic heterocycles. The van der Waals surface area contributed by atoms with E-state index in [1.165, 1.54) is 153 Å². The molecule has 0 amide bonds. The number of fused-ring (bicyclic) bond motifs is 9. The number of aliphatic hydroxyl groups is 1. The van der Waals surface area contributed by atoms with E-state index >= 15 is 0 Å². The summed E-state index contributed by atoms with van der Waals surface area (Å²) < 4.78 is 5.75. The number of carbonyl (C=O) groups is 1. The Labute approximate surface area is 464 Å². The largest absolute Gasteiger partial charge is 0.393 e. The molecule has 0 aliphatic heterocycles. The van der Waals surface area contributed by atoms with Crippen molar-refractivity contribution in [2.24, 2.45) is 86.3 Å². The highest BCUT2D eigenvalue weighted by Gasteiger charge is 2.61. The van der Waals surface area contributed by atoms with Crippen molar-refractivity contribution in [3.8, 4) is 0 Å². The molecule has 0 saturated heterocycles. The van der Waals surface area contributed by atoms with Crippen molar-refractivity contribution in [3.63, 3.8) is 0 Å². The van der Waals surface area contributed by atoms with Crippen molar-refractivity contribution in [3.05, 3.63) is 47.1 Å². The molecule has 4 heteroatoms. The number of hydrogen-bond donors (Lipinski definition) is 1. The van der Waals surface area contributed by atoms with Gasteiger partial charge in [-0.15, -0.1) is 0 Å². The molecule has 0 spiro atoms. The van der Waals surface area contributed by atoms with E-state index in [1.54, 1.807) is 5.57 Å².